The molecule has 28 heavy (non-hydrogen) atoms. The Hall–Kier alpha value is 0.137. The van der Waals surface area contributed by atoms with Crippen LogP contribution in [0.3, 0.4) is 0 Å². The van der Waals surface area contributed by atoms with E-state index in [4.69, 9.17) is 8.85 Å². The van der Waals surface area contributed by atoms with Crippen molar-refractivity contribution in [3.05, 3.63) is 0 Å². The van der Waals surface area contributed by atoms with E-state index in [1.54, 1.807) is 0 Å². The van der Waals surface area contributed by atoms with Gasteiger partial charge in [0.15, 0.2) is 0 Å². The van der Waals surface area contributed by atoms with Crippen molar-refractivity contribution in [2.24, 2.45) is 0 Å². The van der Waals surface area contributed by atoms with E-state index in [9.17, 15) is 0 Å². The molecule has 0 aliphatic carbocycles. The van der Waals surface area contributed by atoms with Crippen LogP contribution in [-0.2, 0) is 8.85 Å². The summed E-state index contributed by atoms with van der Waals surface area (Å²) in [6.45, 7) is 10.5. The van der Waals surface area contributed by atoms with Crippen LogP contribution in [0.25, 0.3) is 0 Å². The molecule has 0 bridgehead atoms. The van der Waals surface area contributed by atoms with Crippen molar-refractivity contribution >= 4 is 8.56 Å². The van der Waals surface area contributed by atoms with Gasteiger partial charge in [-0.25, -0.2) is 0 Å². The minimum atomic E-state index is -1.96. The quantitative estimate of drug-likeness (QED) is 0.122. The van der Waals surface area contributed by atoms with Crippen molar-refractivity contribution in [1.29, 1.82) is 0 Å². The molecule has 0 spiro atoms. The highest BCUT2D eigenvalue weighted by atomic mass is 28.4. The predicted octanol–water partition coefficient (Wildman–Crippen LogP) is 9.17. The van der Waals surface area contributed by atoms with Crippen LogP contribution >= 0.6 is 0 Å². The molecule has 0 saturated heterocycles. The van der Waals surface area contributed by atoms with Gasteiger partial charge < -0.3 is 8.85 Å². The molecule has 0 heterocycles. The molecule has 0 aromatic rings. The van der Waals surface area contributed by atoms with Crippen LogP contribution in [0.15, 0.2) is 0 Å². The lowest BCUT2D eigenvalue weighted by atomic mass is 10.1. The van der Waals surface area contributed by atoms with Crippen LogP contribution in [0.2, 0.25) is 12.1 Å². The largest absolute Gasteiger partial charge is 0.394 e. The lowest BCUT2D eigenvalue weighted by Crippen LogP contribution is -2.42. The molecule has 0 saturated carbocycles. The fraction of sp³-hybridized carbons (Fsp3) is 1.00. The molecule has 0 N–H and O–H groups in total. The van der Waals surface area contributed by atoms with Gasteiger partial charge in [0, 0.05) is 13.2 Å². The summed E-state index contributed by atoms with van der Waals surface area (Å²) in [5, 5.41) is 0. The lowest BCUT2D eigenvalue weighted by Gasteiger charge is -2.30. The minimum Gasteiger partial charge on any atom is -0.394 e. The maximum atomic E-state index is 6.31. The maximum Gasteiger partial charge on any atom is 0.338 e. The third-order valence-electron chi connectivity index (χ3n) is 5.89. The van der Waals surface area contributed by atoms with Gasteiger partial charge in [-0.1, -0.05) is 123 Å². The van der Waals surface area contributed by atoms with Gasteiger partial charge >= 0.3 is 8.56 Å². The first-order chi connectivity index (χ1) is 13.7. The Bertz CT molecular complexity index is 290. The van der Waals surface area contributed by atoms with E-state index in [2.05, 4.69) is 27.7 Å². The molecule has 0 rings (SSSR count). The van der Waals surface area contributed by atoms with Gasteiger partial charge in [0.25, 0.3) is 0 Å². The van der Waals surface area contributed by atoms with Crippen molar-refractivity contribution in [2.45, 2.75) is 149 Å². The van der Waals surface area contributed by atoms with Crippen LogP contribution in [0.4, 0.5) is 0 Å². The summed E-state index contributed by atoms with van der Waals surface area (Å²) in [6, 6.07) is 2.42. The van der Waals surface area contributed by atoms with Gasteiger partial charge in [-0.15, -0.1) is 0 Å². The van der Waals surface area contributed by atoms with E-state index < -0.39 is 8.56 Å². The summed E-state index contributed by atoms with van der Waals surface area (Å²) in [7, 11) is -1.96. The maximum absolute atomic E-state index is 6.31. The van der Waals surface area contributed by atoms with E-state index in [0.717, 1.165) is 13.2 Å². The summed E-state index contributed by atoms with van der Waals surface area (Å²) >= 11 is 0. The highest BCUT2D eigenvalue weighted by Gasteiger charge is 2.35. The van der Waals surface area contributed by atoms with E-state index in [1.807, 2.05) is 0 Å². The van der Waals surface area contributed by atoms with E-state index in [-0.39, 0.29) is 0 Å². The van der Waals surface area contributed by atoms with Crippen LogP contribution in [0.1, 0.15) is 137 Å². The van der Waals surface area contributed by atoms with Gasteiger partial charge in [-0.3, -0.25) is 0 Å². The molecule has 3 heteroatoms. The molecule has 0 aromatic heterocycles. The summed E-state index contributed by atoms with van der Waals surface area (Å²) in [5.41, 5.74) is 0. The molecule has 170 valence electrons. The van der Waals surface area contributed by atoms with Gasteiger partial charge in [0.2, 0.25) is 0 Å². The number of rotatable bonds is 23. The Labute approximate surface area is 179 Å². The standard InChI is InChI=1S/C25H54O2Si/c1-5-9-11-13-15-16-17-18-19-21-23-25-28(26-7-3,27-8-4)24-22-20-14-12-10-6-2/h5-25H2,1-4H3. The van der Waals surface area contributed by atoms with Crippen LogP contribution < -0.4 is 0 Å². The van der Waals surface area contributed by atoms with Crippen LogP contribution in [-0.4, -0.2) is 21.8 Å². The Balaban J connectivity index is 3.91. The number of unbranched alkanes of at least 4 members (excludes halogenated alkanes) is 15. The monoisotopic (exact) mass is 414 g/mol. The molecule has 0 aliphatic heterocycles. The zero-order valence-electron chi connectivity index (χ0n) is 20.2. The number of hydrogen-bond acceptors (Lipinski definition) is 2. The molecular formula is C25H54O2Si. The van der Waals surface area contributed by atoms with Gasteiger partial charge in [0.1, 0.15) is 0 Å². The Morgan fingerprint density at radius 3 is 0.964 bits per heavy atom. The topological polar surface area (TPSA) is 18.5 Å². The second kappa shape index (κ2) is 21.8. The highest BCUT2D eigenvalue weighted by Crippen LogP contribution is 2.26. The Morgan fingerprint density at radius 1 is 0.393 bits per heavy atom. The molecule has 0 fully saturated rings. The molecule has 0 aliphatic rings. The van der Waals surface area contributed by atoms with Crippen molar-refractivity contribution in [3.63, 3.8) is 0 Å². The molecular weight excluding hydrogens is 360 g/mol. The molecule has 0 atom stereocenters. The molecule has 0 amide bonds. The molecule has 0 aromatic carbocycles. The van der Waals surface area contributed by atoms with E-state index in [1.165, 1.54) is 121 Å². The smallest absolute Gasteiger partial charge is 0.338 e. The molecule has 2 nitrogen and oxygen atoms in total. The summed E-state index contributed by atoms with van der Waals surface area (Å²) in [5.74, 6) is 0. The summed E-state index contributed by atoms with van der Waals surface area (Å²) in [4.78, 5) is 0. The van der Waals surface area contributed by atoms with Gasteiger partial charge in [-0.05, 0) is 25.9 Å². The van der Waals surface area contributed by atoms with E-state index in [0.29, 0.717) is 0 Å². The van der Waals surface area contributed by atoms with Crippen molar-refractivity contribution < 1.29 is 8.85 Å². The van der Waals surface area contributed by atoms with Crippen LogP contribution in [0, 0.1) is 0 Å². The predicted molar refractivity (Wildman–Crippen MR) is 128 cm³/mol. The molecule has 0 unspecified atom stereocenters. The second-order valence-electron chi connectivity index (χ2n) is 8.58. The van der Waals surface area contributed by atoms with Gasteiger partial charge in [0.05, 0.1) is 0 Å². The fourth-order valence-electron chi connectivity index (χ4n) is 4.21. The highest BCUT2D eigenvalue weighted by molar-refractivity contribution is 6.67. The van der Waals surface area contributed by atoms with Crippen molar-refractivity contribution in [1.82, 2.24) is 0 Å². The molecule has 0 radical (unpaired) electrons. The zero-order chi connectivity index (χ0) is 20.8. The Kier molecular flexibility index (Phi) is 21.9. The Morgan fingerprint density at radius 2 is 0.679 bits per heavy atom. The normalized spacial score (nSPS) is 12.0. The van der Waals surface area contributed by atoms with Crippen molar-refractivity contribution in [2.75, 3.05) is 13.2 Å². The summed E-state index contributed by atoms with van der Waals surface area (Å²) < 4.78 is 12.6. The first-order valence-electron chi connectivity index (χ1n) is 13.0. The SMILES string of the molecule is CCCCCCCCCCCCC[Si](CCCCCCCC)(OCC)OCC. The van der Waals surface area contributed by atoms with E-state index >= 15 is 0 Å². The lowest BCUT2D eigenvalue weighted by molar-refractivity contribution is 0.180. The first kappa shape index (κ1) is 28.1. The fourth-order valence-corrected chi connectivity index (χ4v) is 7.75. The summed E-state index contributed by atoms with van der Waals surface area (Å²) in [6.07, 6.45) is 23.6. The second-order valence-corrected chi connectivity index (χ2v) is 12.0. The third kappa shape index (κ3) is 17.0. The van der Waals surface area contributed by atoms with Crippen LogP contribution in [0.5, 0.6) is 0 Å². The number of hydrogen-bond donors (Lipinski definition) is 0. The zero-order valence-corrected chi connectivity index (χ0v) is 21.2. The first-order valence-corrected chi connectivity index (χ1v) is 15.3. The average molecular weight is 415 g/mol. The van der Waals surface area contributed by atoms with Gasteiger partial charge in [-0.2, -0.15) is 0 Å². The van der Waals surface area contributed by atoms with Crippen molar-refractivity contribution in [3.8, 4) is 0 Å². The third-order valence-corrected chi connectivity index (χ3v) is 9.75. The minimum absolute atomic E-state index is 0.820. The average Bonchev–Trinajstić information content (AvgIpc) is 2.69.